The fourth-order valence-corrected chi connectivity index (χ4v) is 3.85. The van der Waals surface area contributed by atoms with Gasteiger partial charge in [-0.15, -0.1) is 0 Å². The molecule has 2 aliphatic rings. The van der Waals surface area contributed by atoms with Crippen molar-refractivity contribution in [2.75, 3.05) is 0 Å². The highest BCUT2D eigenvalue weighted by molar-refractivity contribution is 9.11. The van der Waals surface area contributed by atoms with E-state index in [0.717, 1.165) is 12.8 Å². The zero-order valence-corrected chi connectivity index (χ0v) is 15.3. The van der Waals surface area contributed by atoms with Crippen LogP contribution in [0.5, 0.6) is 0 Å². The number of nitrogens with one attached hydrogen (secondary N) is 1. The van der Waals surface area contributed by atoms with Gasteiger partial charge in [0.25, 0.3) is 0 Å². The van der Waals surface area contributed by atoms with Gasteiger partial charge in [0.1, 0.15) is 0 Å². The number of halogens is 1. The molecule has 0 radical (unpaired) electrons. The van der Waals surface area contributed by atoms with Gasteiger partial charge >= 0.3 is 0 Å². The van der Waals surface area contributed by atoms with Gasteiger partial charge in [-0.2, -0.15) is 0 Å². The minimum absolute atomic E-state index is 0.336. The van der Waals surface area contributed by atoms with Gasteiger partial charge in [0.2, 0.25) is 0 Å². The number of fused-ring (bicyclic) bond motifs is 3. The molecule has 0 spiro atoms. The molecule has 1 aromatic rings. The lowest BCUT2D eigenvalue weighted by atomic mass is 9.88. The highest BCUT2D eigenvalue weighted by Crippen LogP contribution is 2.41. The smallest absolute Gasteiger partial charge is 0.0638 e. The first-order chi connectivity index (χ1) is 11.2. The first kappa shape index (κ1) is 16.1. The van der Waals surface area contributed by atoms with Crippen molar-refractivity contribution in [3.63, 3.8) is 0 Å². The molecule has 1 aliphatic heterocycles. The van der Waals surface area contributed by atoms with Gasteiger partial charge in [0.05, 0.1) is 6.04 Å². The van der Waals surface area contributed by atoms with Crippen molar-refractivity contribution in [3.8, 4) is 0 Å². The van der Waals surface area contributed by atoms with Crippen LogP contribution in [0.4, 0.5) is 0 Å². The quantitative estimate of drug-likeness (QED) is 0.655. The first-order valence-corrected chi connectivity index (χ1v) is 9.15. The van der Waals surface area contributed by atoms with Crippen molar-refractivity contribution in [2.45, 2.75) is 38.6 Å². The number of allylic oxidation sites excluding steroid dienone is 2. The molecule has 0 bridgehead atoms. The molecule has 23 heavy (non-hydrogen) atoms. The Balaban J connectivity index is 2.01. The summed E-state index contributed by atoms with van der Waals surface area (Å²) >= 11 is 3.41. The summed E-state index contributed by atoms with van der Waals surface area (Å²) < 4.78 is 0. The van der Waals surface area contributed by atoms with Crippen molar-refractivity contribution in [3.05, 3.63) is 70.3 Å². The Morgan fingerprint density at radius 1 is 1.39 bits per heavy atom. The third-order valence-electron chi connectivity index (χ3n) is 4.63. The molecule has 1 N–H and O–H groups in total. The molecule has 2 atom stereocenters. The second-order valence-corrected chi connectivity index (χ2v) is 6.39. The number of aromatic nitrogens is 1. The van der Waals surface area contributed by atoms with Crippen LogP contribution in [0.3, 0.4) is 0 Å². The fourth-order valence-electron chi connectivity index (χ4n) is 3.59. The van der Waals surface area contributed by atoms with Crippen LogP contribution < -0.4 is 0 Å². The predicted molar refractivity (Wildman–Crippen MR) is 103 cm³/mol. The number of hydrogen-bond acceptors (Lipinski definition) is 1. The van der Waals surface area contributed by atoms with Crippen LogP contribution in [0.1, 0.15) is 48.7 Å². The molecular formula is C20H23BrN2. The Morgan fingerprint density at radius 3 is 2.87 bits per heavy atom. The third-order valence-corrected chi connectivity index (χ3v) is 4.90. The average molecular weight is 371 g/mol. The molecular weight excluding hydrogens is 348 g/mol. The maximum atomic E-state index is 3.97. The summed E-state index contributed by atoms with van der Waals surface area (Å²) in [4.78, 5) is 7.93. The Kier molecular flexibility index (Phi) is 4.76. The summed E-state index contributed by atoms with van der Waals surface area (Å²) in [7, 11) is 0. The predicted octanol–water partition coefficient (Wildman–Crippen LogP) is 5.73. The lowest BCUT2D eigenvalue weighted by Crippen LogP contribution is -2.30. The largest absolute Gasteiger partial charge is 0.361 e. The number of aryl methyl sites for hydroxylation is 1. The minimum atomic E-state index is 0.336. The molecule has 3 heteroatoms. The zero-order chi connectivity index (χ0) is 16.4. The van der Waals surface area contributed by atoms with Crippen LogP contribution >= 0.6 is 15.9 Å². The van der Waals surface area contributed by atoms with Crippen molar-refractivity contribution < 1.29 is 0 Å². The highest BCUT2D eigenvalue weighted by Gasteiger charge is 2.35. The number of rotatable bonds is 5. The monoisotopic (exact) mass is 370 g/mol. The van der Waals surface area contributed by atoms with E-state index < -0.39 is 0 Å². The SMILES string of the molecule is C=C/C(=C\CC)N1C=CC2c3[nH]c(CC)c(/C=C/Br)c3C=CC21. The molecule has 0 fully saturated rings. The third kappa shape index (κ3) is 2.67. The Hall–Kier alpha value is -1.74. The van der Waals surface area contributed by atoms with Gasteiger partial charge in [0.15, 0.2) is 0 Å². The molecule has 0 saturated heterocycles. The maximum absolute atomic E-state index is 3.97. The average Bonchev–Trinajstić information content (AvgIpc) is 3.14. The molecule has 2 nitrogen and oxygen atoms in total. The van der Waals surface area contributed by atoms with Crippen LogP contribution in [-0.2, 0) is 6.42 Å². The van der Waals surface area contributed by atoms with E-state index in [2.05, 4.69) is 82.8 Å². The molecule has 0 saturated carbocycles. The number of nitrogens with zero attached hydrogens (tertiary/aromatic N) is 1. The van der Waals surface area contributed by atoms with E-state index >= 15 is 0 Å². The van der Waals surface area contributed by atoms with Crippen LogP contribution in [0.25, 0.3) is 12.2 Å². The number of H-pyrrole nitrogens is 1. The van der Waals surface area contributed by atoms with Crippen molar-refractivity contribution in [2.24, 2.45) is 0 Å². The molecule has 1 aliphatic carbocycles. The summed E-state index contributed by atoms with van der Waals surface area (Å²) in [5.74, 6) is 0.373. The summed E-state index contributed by atoms with van der Waals surface area (Å²) in [6, 6.07) is 0.336. The fraction of sp³-hybridized carbons (Fsp3) is 0.300. The molecule has 1 aromatic heterocycles. The van der Waals surface area contributed by atoms with Crippen LogP contribution in [-0.4, -0.2) is 15.9 Å². The topological polar surface area (TPSA) is 19.0 Å². The molecule has 0 amide bonds. The van der Waals surface area contributed by atoms with Gasteiger partial charge in [0, 0.05) is 40.3 Å². The molecule has 3 rings (SSSR count). The molecule has 2 unspecified atom stereocenters. The van der Waals surface area contributed by atoms with Crippen LogP contribution in [0, 0.1) is 0 Å². The number of hydrogen-bond donors (Lipinski definition) is 1. The van der Waals surface area contributed by atoms with E-state index in [4.69, 9.17) is 0 Å². The molecule has 120 valence electrons. The van der Waals surface area contributed by atoms with E-state index in [9.17, 15) is 0 Å². The molecule has 0 aromatic carbocycles. The van der Waals surface area contributed by atoms with Crippen molar-refractivity contribution in [1.82, 2.24) is 9.88 Å². The normalized spacial score (nSPS) is 22.7. The molecule has 2 heterocycles. The lowest BCUT2D eigenvalue weighted by molar-refractivity contribution is 0.407. The van der Waals surface area contributed by atoms with E-state index in [1.807, 2.05) is 11.1 Å². The second kappa shape index (κ2) is 6.79. The number of aromatic amines is 1. The summed E-state index contributed by atoms with van der Waals surface area (Å²) in [6.07, 6.45) is 17.4. The van der Waals surface area contributed by atoms with Crippen LogP contribution in [0.2, 0.25) is 0 Å². The first-order valence-electron chi connectivity index (χ1n) is 8.24. The van der Waals surface area contributed by atoms with Gasteiger partial charge < -0.3 is 9.88 Å². The van der Waals surface area contributed by atoms with Crippen molar-refractivity contribution >= 4 is 28.1 Å². The zero-order valence-electron chi connectivity index (χ0n) is 13.7. The Bertz CT molecular complexity index is 718. The summed E-state index contributed by atoms with van der Waals surface area (Å²) in [6.45, 7) is 8.33. The van der Waals surface area contributed by atoms with Gasteiger partial charge in [-0.3, -0.25) is 0 Å². The second-order valence-electron chi connectivity index (χ2n) is 5.86. The van der Waals surface area contributed by atoms with Gasteiger partial charge in [-0.25, -0.2) is 0 Å². The van der Waals surface area contributed by atoms with Gasteiger partial charge in [-0.1, -0.05) is 60.7 Å². The van der Waals surface area contributed by atoms with E-state index in [0.29, 0.717) is 12.0 Å². The highest BCUT2D eigenvalue weighted by atomic mass is 79.9. The maximum Gasteiger partial charge on any atom is 0.0638 e. The van der Waals surface area contributed by atoms with Crippen LogP contribution in [0.15, 0.2) is 47.8 Å². The van der Waals surface area contributed by atoms with Crippen molar-refractivity contribution in [1.29, 1.82) is 0 Å². The summed E-state index contributed by atoms with van der Waals surface area (Å²) in [5, 5.41) is 0. The van der Waals surface area contributed by atoms with Gasteiger partial charge in [-0.05, 0) is 30.0 Å². The lowest BCUT2D eigenvalue weighted by Gasteiger charge is -2.30. The van der Waals surface area contributed by atoms with E-state index in [-0.39, 0.29) is 0 Å². The van der Waals surface area contributed by atoms with E-state index in [1.165, 1.54) is 28.2 Å². The Morgan fingerprint density at radius 2 is 2.22 bits per heavy atom. The van der Waals surface area contributed by atoms with E-state index in [1.54, 1.807) is 0 Å². The Labute approximate surface area is 147 Å². The minimum Gasteiger partial charge on any atom is -0.361 e. The standard InChI is InChI=1S/C20H23BrN2/c1-4-7-14(5-2)23-13-11-17-19(23)9-8-16-15(10-12-21)18(6-3)22-20(16)17/h5,7-13,17,19,22H,2,4,6H2,1,3H3/b12-10+,14-7+. The summed E-state index contributed by atoms with van der Waals surface area (Å²) in [5.41, 5.74) is 6.44.